The van der Waals surface area contributed by atoms with E-state index in [-0.39, 0.29) is 19.0 Å². The number of carboxylic acid groups (broad SMARTS) is 1. The van der Waals surface area contributed by atoms with Gasteiger partial charge in [-0.2, -0.15) is 0 Å². The number of aryl methyl sites for hydroxylation is 1. The Morgan fingerprint density at radius 1 is 1.61 bits per heavy atom. The second-order valence-corrected chi connectivity index (χ2v) is 4.60. The van der Waals surface area contributed by atoms with Gasteiger partial charge in [0.1, 0.15) is 5.41 Å². The summed E-state index contributed by atoms with van der Waals surface area (Å²) >= 11 is 0. The maximum atomic E-state index is 11.9. The highest BCUT2D eigenvalue weighted by Crippen LogP contribution is 2.29. The molecule has 1 aliphatic heterocycles. The van der Waals surface area contributed by atoms with Crippen LogP contribution in [0.4, 0.5) is 0 Å². The first kappa shape index (κ1) is 12.6. The third kappa shape index (κ3) is 1.97. The molecule has 98 valence electrons. The quantitative estimate of drug-likeness (QED) is 0.799. The van der Waals surface area contributed by atoms with Crippen LogP contribution >= 0.6 is 0 Å². The Balaban J connectivity index is 2.13. The summed E-state index contributed by atoms with van der Waals surface area (Å²) < 4.78 is 9.96. The van der Waals surface area contributed by atoms with Crippen LogP contribution in [0.2, 0.25) is 0 Å². The van der Waals surface area contributed by atoms with E-state index in [1.165, 1.54) is 6.20 Å². The van der Waals surface area contributed by atoms with Crippen molar-refractivity contribution in [3.8, 4) is 0 Å². The lowest BCUT2D eigenvalue weighted by molar-refractivity contribution is -0.148. The average molecular weight is 254 g/mol. The predicted molar refractivity (Wildman–Crippen MR) is 59.1 cm³/mol. The smallest absolute Gasteiger partial charge is 0.313 e. The number of ether oxygens (including phenoxy) is 1. The SMILES string of the molecule is Cc1cnoc1C(=O)NC1COCC1(C)C(=O)O. The Bertz CT molecular complexity index is 484. The summed E-state index contributed by atoms with van der Waals surface area (Å²) in [5.74, 6) is -1.39. The summed E-state index contributed by atoms with van der Waals surface area (Å²) in [4.78, 5) is 23.1. The number of aliphatic carboxylic acids is 1. The van der Waals surface area contributed by atoms with Crippen molar-refractivity contribution in [1.29, 1.82) is 0 Å². The van der Waals surface area contributed by atoms with Gasteiger partial charge in [0, 0.05) is 5.56 Å². The molecule has 2 heterocycles. The van der Waals surface area contributed by atoms with Crippen LogP contribution in [-0.2, 0) is 9.53 Å². The topological polar surface area (TPSA) is 102 Å². The Labute approximate surface area is 103 Å². The maximum absolute atomic E-state index is 11.9. The molecule has 7 heteroatoms. The molecule has 0 saturated carbocycles. The van der Waals surface area contributed by atoms with Crippen molar-refractivity contribution < 1.29 is 24.0 Å². The van der Waals surface area contributed by atoms with E-state index in [2.05, 4.69) is 10.5 Å². The van der Waals surface area contributed by atoms with Crippen molar-refractivity contribution in [2.45, 2.75) is 19.9 Å². The summed E-state index contributed by atoms with van der Waals surface area (Å²) in [5.41, 5.74) is -0.521. The molecule has 1 saturated heterocycles. The highest BCUT2D eigenvalue weighted by atomic mass is 16.5. The van der Waals surface area contributed by atoms with E-state index >= 15 is 0 Å². The number of nitrogens with zero attached hydrogens (tertiary/aromatic N) is 1. The number of amides is 1. The summed E-state index contributed by atoms with van der Waals surface area (Å²) in [6.07, 6.45) is 1.43. The van der Waals surface area contributed by atoms with E-state index in [4.69, 9.17) is 9.26 Å². The molecular weight excluding hydrogens is 240 g/mol. The lowest BCUT2D eigenvalue weighted by Gasteiger charge is -2.24. The Morgan fingerprint density at radius 2 is 2.33 bits per heavy atom. The maximum Gasteiger partial charge on any atom is 0.313 e. The molecule has 0 bridgehead atoms. The van der Waals surface area contributed by atoms with Crippen molar-refractivity contribution in [2.75, 3.05) is 13.2 Å². The number of carbonyl (C=O) groups excluding carboxylic acids is 1. The lowest BCUT2D eigenvalue weighted by Crippen LogP contribution is -2.49. The number of nitrogens with one attached hydrogen (secondary N) is 1. The van der Waals surface area contributed by atoms with E-state index < -0.39 is 23.3 Å². The minimum absolute atomic E-state index is 0.0721. The molecule has 18 heavy (non-hydrogen) atoms. The van der Waals surface area contributed by atoms with Gasteiger partial charge in [0.15, 0.2) is 0 Å². The van der Waals surface area contributed by atoms with Crippen LogP contribution < -0.4 is 5.32 Å². The fourth-order valence-electron chi connectivity index (χ4n) is 1.82. The average Bonchev–Trinajstić information content (AvgIpc) is 2.87. The van der Waals surface area contributed by atoms with Gasteiger partial charge in [-0.15, -0.1) is 0 Å². The molecule has 1 fully saturated rings. The highest BCUT2D eigenvalue weighted by Gasteiger charge is 2.47. The van der Waals surface area contributed by atoms with E-state index in [1.54, 1.807) is 13.8 Å². The molecule has 2 rings (SSSR count). The van der Waals surface area contributed by atoms with Gasteiger partial charge in [-0.05, 0) is 13.8 Å². The second kappa shape index (κ2) is 4.41. The minimum atomic E-state index is -1.12. The zero-order chi connectivity index (χ0) is 13.3. The number of aromatic nitrogens is 1. The number of hydrogen-bond acceptors (Lipinski definition) is 5. The van der Waals surface area contributed by atoms with Crippen LogP contribution in [0.15, 0.2) is 10.7 Å². The third-order valence-corrected chi connectivity index (χ3v) is 3.20. The Kier molecular flexibility index (Phi) is 3.08. The van der Waals surface area contributed by atoms with E-state index in [0.717, 1.165) is 0 Å². The van der Waals surface area contributed by atoms with Gasteiger partial charge < -0.3 is 19.7 Å². The van der Waals surface area contributed by atoms with E-state index in [1.807, 2.05) is 0 Å². The van der Waals surface area contributed by atoms with Crippen molar-refractivity contribution in [3.05, 3.63) is 17.5 Å². The van der Waals surface area contributed by atoms with Gasteiger partial charge in [-0.25, -0.2) is 0 Å². The molecule has 2 atom stereocenters. The molecule has 0 aromatic carbocycles. The Hall–Kier alpha value is -1.89. The van der Waals surface area contributed by atoms with Crippen LogP contribution in [0.25, 0.3) is 0 Å². The molecule has 2 N–H and O–H groups in total. The van der Waals surface area contributed by atoms with Gasteiger partial charge >= 0.3 is 5.97 Å². The lowest BCUT2D eigenvalue weighted by atomic mass is 9.85. The normalized spacial score (nSPS) is 27.1. The minimum Gasteiger partial charge on any atom is -0.481 e. The van der Waals surface area contributed by atoms with Crippen LogP contribution in [-0.4, -0.2) is 41.4 Å². The highest BCUT2D eigenvalue weighted by molar-refractivity contribution is 5.93. The van der Waals surface area contributed by atoms with Gasteiger partial charge in [0.25, 0.3) is 5.91 Å². The van der Waals surface area contributed by atoms with Crippen LogP contribution in [0.3, 0.4) is 0 Å². The second-order valence-electron chi connectivity index (χ2n) is 4.60. The fourth-order valence-corrected chi connectivity index (χ4v) is 1.82. The summed E-state index contributed by atoms with van der Waals surface area (Å²) in [7, 11) is 0. The van der Waals surface area contributed by atoms with Gasteiger partial charge in [0.05, 0.1) is 25.5 Å². The molecule has 1 amide bonds. The first-order chi connectivity index (χ1) is 8.45. The number of carbonyl (C=O) groups is 2. The number of rotatable bonds is 3. The van der Waals surface area contributed by atoms with Crippen molar-refractivity contribution >= 4 is 11.9 Å². The molecule has 0 spiro atoms. The number of carboxylic acids is 1. The summed E-state index contributed by atoms with van der Waals surface area (Å²) in [6.45, 7) is 3.47. The molecule has 2 unspecified atom stereocenters. The molecule has 0 radical (unpaired) electrons. The van der Waals surface area contributed by atoms with Crippen molar-refractivity contribution in [2.24, 2.45) is 5.41 Å². The van der Waals surface area contributed by atoms with Crippen LogP contribution in [0.5, 0.6) is 0 Å². The number of hydrogen-bond donors (Lipinski definition) is 2. The predicted octanol–water partition coefficient (Wildman–Crippen LogP) is 0.203. The molecule has 1 aliphatic rings. The molecule has 7 nitrogen and oxygen atoms in total. The fraction of sp³-hybridized carbons (Fsp3) is 0.545. The first-order valence-corrected chi connectivity index (χ1v) is 5.48. The molecule has 0 aliphatic carbocycles. The largest absolute Gasteiger partial charge is 0.481 e. The van der Waals surface area contributed by atoms with Crippen LogP contribution in [0, 0.1) is 12.3 Å². The standard InChI is InChI=1S/C11H14N2O5/c1-6-3-12-18-8(6)9(14)13-7-4-17-5-11(7,2)10(15)16/h3,7H,4-5H2,1-2H3,(H,13,14)(H,15,16). The molecule has 1 aromatic rings. The summed E-state index contributed by atoms with van der Waals surface area (Å²) in [6, 6.07) is -0.591. The summed E-state index contributed by atoms with van der Waals surface area (Å²) in [5, 5.41) is 15.3. The third-order valence-electron chi connectivity index (χ3n) is 3.20. The first-order valence-electron chi connectivity index (χ1n) is 5.48. The van der Waals surface area contributed by atoms with Gasteiger partial charge in [-0.3, -0.25) is 9.59 Å². The molecule has 1 aromatic heterocycles. The van der Waals surface area contributed by atoms with Gasteiger partial charge in [-0.1, -0.05) is 5.16 Å². The zero-order valence-electron chi connectivity index (χ0n) is 10.1. The van der Waals surface area contributed by atoms with Crippen molar-refractivity contribution in [3.63, 3.8) is 0 Å². The van der Waals surface area contributed by atoms with Gasteiger partial charge in [0.2, 0.25) is 5.76 Å². The van der Waals surface area contributed by atoms with E-state index in [9.17, 15) is 14.7 Å². The van der Waals surface area contributed by atoms with E-state index in [0.29, 0.717) is 5.56 Å². The Morgan fingerprint density at radius 3 is 2.89 bits per heavy atom. The van der Waals surface area contributed by atoms with Crippen molar-refractivity contribution in [1.82, 2.24) is 10.5 Å². The monoisotopic (exact) mass is 254 g/mol. The van der Waals surface area contributed by atoms with Crippen LogP contribution in [0.1, 0.15) is 23.0 Å². The zero-order valence-corrected chi connectivity index (χ0v) is 10.1. The molecular formula is C11H14N2O5.